The Labute approximate surface area is 141 Å². The van der Waals surface area contributed by atoms with Crippen LogP contribution in [-0.2, 0) is 4.74 Å². The Bertz CT molecular complexity index is 441. The number of hydrogen-bond donors (Lipinski definition) is 0. The molecule has 0 heterocycles. The third-order valence-electron chi connectivity index (χ3n) is 2.52. The normalized spacial score (nSPS) is 11.9. The number of allylic oxidation sites excluding steroid dienone is 3. The molecule has 21 heavy (non-hydrogen) atoms. The van der Waals surface area contributed by atoms with E-state index in [1.807, 2.05) is 32.7 Å². The van der Waals surface area contributed by atoms with Gasteiger partial charge in [-0.3, -0.25) is 0 Å². The molecule has 0 aromatic carbocycles. The molecule has 120 valence electrons. The lowest BCUT2D eigenvalue weighted by molar-refractivity contribution is 0.0291. The molecule has 0 rings (SSSR count). The van der Waals surface area contributed by atoms with Crippen molar-refractivity contribution in [2.24, 2.45) is 0 Å². The van der Waals surface area contributed by atoms with Crippen LogP contribution in [0.15, 0.2) is 34.4 Å². The van der Waals surface area contributed by atoms with E-state index in [4.69, 9.17) is 16.3 Å². The zero-order chi connectivity index (χ0) is 16.8. The van der Waals surface area contributed by atoms with Crippen molar-refractivity contribution in [2.45, 2.75) is 26.4 Å². The molecule has 0 aromatic rings. The predicted octanol–water partition coefficient (Wildman–Crippen LogP) is 4.33. The molecule has 4 nitrogen and oxygen atoms in total. The lowest BCUT2D eigenvalue weighted by Crippen LogP contribution is -2.38. The summed E-state index contributed by atoms with van der Waals surface area (Å²) in [6, 6.07) is 0. The highest BCUT2D eigenvalue weighted by Crippen LogP contribution is 2.20. The van der Waals surface area contributed by atoms with Crippen LogP contribution in [0, 0.1) is 0 Å². The van der Waals surface area contributed by atoms with Crippen LogP contribution < -0.4 is 0 Å². The summed E-state index contributed by atoms with van der Waals surface area (Å²) in [6.45, 7) is 14.3. The average molecular weight is 380 g/mol. The van der Waals surface area contributed by atoms with Gasteiger partial charge in [-0.15, -0.1) is 0 Å². The quantitative estimate of drug-likeness (QED) is 0.644. The minimum Gasteiger partial charge on any atom is -0.444 e. The highest BCUT2D eigenvalue weighted by atomic mass is 79.9. The Morgan fingerprint density at radius 1 is 1.24 bits per heavy atom. The van der Waals surface area contributed by atoms with Crippen LogP contribution in [0.25, 0.3) is 0 Å². The number of carbonyl (C=O) groups excluding carboxylic acids is 1. The van der Waals surface area contributed by atoms with Gasteiger partial charge in [0.15, 0.2) is 0 Å². The fraction of sp³-hybridized carbons (Fsp3) is 0.533. The van der Waals surface area contributed by atoms with Gasteiger partial charge in [0.05, 0.1) is 5.03 Å². The fourth-order valence-electron chi connectivity index (χ4n) is 1.21. The summed E-state index contributed by atoms with van der Waals surface area (Å²) < 4.78 is 5.88. The van der Waals surface area contributed by atoms with Gasteiger partial charge in [0.1, 0.15) is 5.60 Å². The van der Waals surface area contributed by atoms with Crippen molar-refractivity contribution in [1.82, 2.24) is 9.80 Å². The zero-order valence-corrected chi connectivity index (χ0v) is 15.7. The third-order valence-corrected chi connectivity index (χ3v) is 3.51. The van der Waals surface area contributed by atoms with Gasteiger partial charge in [-0.2, -0.15) is 0 Å². The fourth-order valence-corrected chi connectivity index (χ4v) is 1.45. The number of ether oxygens (including phenoxy) is 1. The summed E-state index contributed by atoms with van der Waals surface area (Å²) in [5.41, 5.74) is 0.242. The van der Waals surface area contributed by atoms with Crippen LogP contribution in [0.2, 0.25) is 0 Å². The molecule has 0 saturated heterocycles. The molecule has 6 heteroatoms. The second-order valence-corrected chi connectivity index (χ2v) is 7.08. The first-order valence-electron chi connectivity index (χ1n) is 6.50. The largest absolute Gasteiger partial charge is 0.444 e. The van der Waals surface area contributed by atoms with Gasteiger partial charge in [0, 0.05) is 37.4 Å². The summed E-state index contributed by atoms with van der Waals surface area (Å²) >= 11 is 9.19. The molecule has 0 saturated carbocycles. The van der Waals surface area contributed by atoms with E-state index in [2.05, 4.69) is 29.1 Å². The highest BCUT2D eigenvalue weighted by Gasteiger charge is 2.19. The van der Waals surface area contributed by atoms with Crippen molar-refractivity contribution in [2.75, 3.05) is 27.2 Å². The van der Waals surface area contributed by atoms with Gasteiger partial charge in [-0.05, 0) is 42.8 Å². The molecule has 0 aliphatic rings. The molecular formula is C15H24BrClN2O2. The molecule has 0 aromatic heterocycles. The number of halogens is 2. The summed E-state index contributed by atoms with van der Waals surface area (Å²) in [5.74, 6) is 0. The molecule has 0 atom stereocenters. The van der Waals surface area contributed by atoms with Gasteiger partial charge < -0.3 is 14.5 Å². The first-order chi connectivity index (χ1) is 9.44. The van der Waals surface area contributed by atoms with Crippen molar-refractivity contribution >= 4 is 33.6 Å². The second kappa shape index (κ2) is 8.49. The first-order valence-corrected chi connectivity index (χ1v) is 7.67. The molecular weight excluding hydrogens is 356 g/mol. The molecule has 0 N–H and O–H groups in total. The van der Waals surface area contributed by atoms with Crippen LogP contribution in [0.5, 0.6) is 0 Å². The van der Waals surface area contributed by atoms with Crippen LogP contribution in [0.1, 0.15) is 20.8 Å². The maximum Gasteiger partial charge on any atom is 0.410 e. The average Bonchev–Trinajstić information content (AvgIpc) is 2.32. The van der Waals surface area contributed by atoms with Crippen molar-refractivity contribution in [3.8, 4) is 0 Å². The van der Waals surface area contributed by atoms with E-state index < -0.39 is 5.60 Å². The summed E-state index contributed by atoms with van der Waals surface area (Å²) in [7, 11) is 3.58. The lowest BCUT2D eigenvalue weighted by Gasteiger charge is -2.27. The Hall–Kier alpha value is -0.940. The van der Waals surface area contributed by atoms with E-state index in [0.717, 1.165) is 5.70 Å². The first kappa shape index (κ1) is 20.1. The van der Waals surface area contributed by atoms with Crippen LogP contribution >= 0.6 is 27.5 Å². The molecule has 0 spiro atoms. The van der Waals surface area contributed by atoms with Crippen molar-refractivity contribution in [1.29, 1.82) is 0 Å². The van der Waals surface area contributed by atoms with Gasteiger partial charge in [-0.25, -0.2) is 4.79 Å². The van der Waals surface area contributed by atoms with Crippen molar-refractivity contribution in [3.05, 3.63) is 34.4 Å². The maximum atomic E-state index is 11.8. The van der Waals surface area contributed by atoms with E-state index >= 15 is 0 Å². The van der Waals surface area contributed by atoms with Crippen LogP contribution in [0.3, 0.4) is 0 Å². The van der Waals surface area contributed by atoms with E-state index in [1.54, 1.807) is 13.1 Å². The zero-order valence-electron chi connectivity index (χ0n) is 13.4. The molecule has 0 bridgehead atoms. The lowest BCUT2D eigenvalue weighted by atomic mass is 10.2. The Morgan fingerprint density at radius 2 is 1.71 bits per heavy atom. The van der Waals surface area contributed by atoms with E-state index in [-0.39, 0.29) is 6.09 Å². The van der Waals surface area contributed by atoms with E-state index in [0.29, 0.717) is 22.6 Å². The van der Waals surface area contributed by atoms with E-state index in [1.165, 1.54) is 4.90 Å². The van der Waals surface area contributed by atoms with Crippen molar-refractivity contribution < 1.29 is 9.53 Å². The number of amides is 1. The molecule has 0 unspecified atom stereocenters. The van der Waals surface area contributed by atoms with Gasteiger partial charge in [-0.1, -0.05) is 24.8 Å². The molecule has 1 amide bonds. The number of nitrogens with zero attached hydrogens (tertiary/aromatic N) is 2. The monoisotopic (exact) mass is 378 g/mol. The number of rotatable bonds is 6. The molecule has 0 radical (unpaired) electrons. The summed E-state index contributed by atoms with van der Waals surface area (Å²) in [5, 5.41) is 0.493. The number of likely N-dealkylation sites (N-methyl/N-ethyl adjacent to an activating group) is 2. The van der Waals surface area contributed by atoms with Crippen molar-refractivity contribution in [3.63, 3.8) is 0 Å². The van der Waals surface area contributed by atoms with Crippen LogP contribution in [0.4, 0.5) is 4.79 Å². The second-order valence-electron chi connectivity index (χ2n) is 5.71. The Morgan fingerprint density at radius 3 is 2.14 bits per heavy atom. The predicted molar refractivity (Wildman–Crippen MR) is 92.6 cm³/mol. The number of carbonyl (C=O) groups is 1. The van der Waals surface area contributed by atoms with E-state index in [9.17, 15) is 4.79 Å². The highest BCUT2D eigenvalue weighted by molar-refractivity contribution is 9.12. The summed E-state index contributed by atoms with van der Waals surface area (Å²) in [6.07, 6.45) is 1.37. The summed E-state index contributed by atoms with van der Waals surface area (Å²) in [4.78, 5) is 15.3. The molecule has 0 aliphatic heterocycles. The molecule has 0 aliphatic carbocycles. The molecule has 0 fully saturated rings. The van der Waals surface area contributed by atoms with Crippen LogP contribution in [-0.4, -0.2) is 48.7 Å². The smallest absolute Gasteiger partial charge is 0.410 e. The van der Waals surface area contributed by atoms with Gasteiger partial charge in [0.2, 0.25) is 0 Å². The number of hydrogen-bond acceptors (Lipinski definition) is 3. The SMILES string of the molecule is C=C(Br)/C(Cl)=C\C(=C)N(C)CCN(C)C(=O)OC(C)(C)C. The maximum absolute atomic E-state index is 11.8. The standard InChI is InChI=1S/C15H24BrClN2O2/c1-11(10-13(17)12(2)16)18(6)8-9-19(7)14(20)21-15(3,4)5/h10H,1-2,8-9H2,3-7H3/b13-10+. The van der Waals surface area contributed by atoms with Gasteiger partial charge >= 0.3 is 6.09 Å². The Balaban J connectivity index is 4.39. The minimum absolute atomic E-state index is 0.344. The third kappa shape index (κ3) is 8.83. The topological polar surface area (TPSA) is 32.8 Å². The van der Waals surface area contributed by atoms with Gasteiger partial charge in [0.25, 0.3) is 0 Å². The Kier molecular flexibility index (Phi) is 8.11. The minimum atomic E-state index is -0.493.